The molecule has 2 atom stereocenters. The molecule has 0 heterocycles. The van der Waals surface area contributed by atoms with Crippen molar-refractivity contribution in [1.82, 2.24) is 10.6 Å². The van der Waals surface area contributed by atoms with Crippen LogP contribution in [0.1, 0.15) is 13.8 Å². The molecule has 0 bridgehead atoms. The minimum atomic E-state index is -1.31. The molecule has 0 aliphatic rings. The van der Waals surface area contributed by atoms with E-state index >= 15 is 0 Å². The first-order valence-electron chi connectivity index (χ1n) is 5.33. The number of aliphatic carboxylic acids is 2. The number of hydrogen-bond acceptors (Lipinski definition) is 8. The van der Waals surface area contributed by atoms with Gasteiger partial charge in [-0.1, -0.05) is 0 Å². The summed E-state index contributed by atoms with van der Waals surface area (Å²) in [4.78, 5) is 40.7. The first-order chi connectivity index (χ1) is 9.15. The summed E-state index contributed by atoms with van der Waals surface area (Å²) in [5.41, 5.74) is 0. The van der Waals surface area contributed by atoms with Crippen molar-refractivity contribution < 1.29 is 50.5 Å². The van der Waals surface area contributed by atoms with Crippen LogP contribution in [0.5, 0.6) is 0 Å². The first-order valence-corrected chi connectivity index (χ1v) is 6.59. The van der Waals surface area contributed by atoms with Crippen molar-refractivity contribution in [1.29, 1.82) is 0 Å². The Hall–Kier alpha value is -0.812. The van der Waals surface area contributed by atoms with Crippen molar-refractivity contribution in [2.75, 3.05) is 11.5 Å². The van der Waals surface area contributed by atoms with Crippen molar-refractivity contribution in [3.8, 4) is 0 Å². The van der Waals surface area contributed by atoms with Gasteiger partial charge in [-0.25, -0.2) is 0 Å². The molecule has 6 N–H and O–H groups in total. The Bertz CT molecular complexity index is 341. The third-order valence-corrected chi connectivity index (χ3v) is 2.42. The van der Waals surface area contributed by atoms with Crippen molar-refractivity contribution >= 4 is 49.0 Å². The molecule has 0 aromatic heterocycles. The molecule has 0 aliphatic carbocycles. The van der Waals surface area contributed by atoms with E-state index in [-0.39, 0.29) is 44.9 Å². The molecule has 138 valence electrons. The molecule has 0 aromatic carbocycles. The fourth-order valence-corrected chi connectivity index (χ4v) is 1.33. The Kier molecular flexibility index (Phi) is 28.2. The van der Waals surface area contributed by atoms with E-state index in [0.29, 0.717) is 0 Å². The number of rotatable bonds is 6. The second-order valence-corrected chi connectivity index (χ2v) is 4.24. The molecule has 10 nitrogen and oxygen atoms in total. The molecule has 2 unspecified atom stereocenters. The zero-order valence-electron chi connectivity index (χ0n) is 12.4. The van der Waals surface area contributed by atoms with Crippen molar-refractivity contribution in [2.45, 2.75) is 25.9 Å². The molecule has 2 amide bonds. The van der Waals surface area contributed by atoms with Gasteiger partial charge in [-0.05, 0) is 0 Å². The molecule has 23 heavy (non-hydrogen) atoms. The van der Waals surface area contributed by atoms with Crippen LogP contribution < -0.4 is 20.8 Å². The zero-order valence-corrected chi connectivity index (χ0v) is 16.4. The van der Waals surface area contributed by atoms with E-state index in [1.165, 1.54) is 13.8 Å². The van der Waals surface area contributed by atoms with Gasteiger partial charge in [0.25, 0.3) is 0 Å². The number of carbonyl (C=O) groups is 4. The third-order valence-electron chi connectivity index (χ3n) is 1.69. The molecule has 0 aromatic rings. The quantitative estimate of drug-likeness (QED) is 0.269. The maximum Gasteiger partial charge on any atom is 4.00 e. The maximum atomic E-state index is 10.3. The van der Waals surface area contributed by atoms with Gasteiger partial charge in [-0.3, -0.25) is 9.59 Å². The van der Waals surface area contributed by atoms with Crippen LogP contribution >= 0.6 is 25.3 Å². The van der Waals surface area contributed by atoms with Crippen LogP contribution in [0, 0.1) is 0 Å². The largest absolute Gasteiger partial charge is 4.00 e. The average molecular weight is 552 g/mol. The average Bonchev–Trinajstić information content (AvgIpc) is 2.32. The number of hydrogen-bond donors (Lipinski definition) is 4. The second kappa shape index (κ2) is 19.2. The minimum absolute atomic E-state index is 0. The van der Waals surface area contributed by atoms with Gasteiger partial charge in [0.2, 0.25) is 11.8 Å². The van der Waals surface area contributed by atoms with Crippen molar-refractivity contribution in [3.63, 3.8) is 0 Å². The molecular weight excluding hydrogens is 531 g/mol. The van der Waals surface area contributed by atoms with Crippen LogP contribution in [0.15, 0.2) is 0 Å². The summed E-state index contributed by atoms with van der Waals surface area (Å²) in [7, 11) is 0. The predicted molar refractivity (Wildman–Crippen MR) is 83.5 cm³/mol. The third kappa shape index (κ3) is 21.2. The van der Waals surface area contributed by atoms with E-state index in [1.807, 2.05) is 0 Å². The molecule has 0 saturated heterocycles. The van der Waals surface area contributed by atoms with Gasteiger partial charge in [0.05, 0.1) is 24.0 Å². The van der Waals surface area contributed by atoms with Gasteiger partial charge in [-0.2, -0.15) is 25.3 Å². The van der Waals surface area contributed by atoms with Crippen LogP contribution in [0.2, 0.25) is 0 Å². The molecule has 0 fully saturated rings. The molecule has 0 saturated carbocycles. The SMILES string of the molecule is CC(=O)NC(CS)C(=O)[O-].CC(=O)NC(CS)C(=O)[O-].[NH2-].[NH2-].[Pt+4]. The van der Waals surface area contributed by atoms with Crippen molar-refractivity contribution in [3.05, 3.63) is 12.3 Å². The monoisotopic (exact) mass is 551 g/mol. The molecule has 0 aliphatic heterocycles. The molecular formula is C10H20N4O6PtS2. The normalized spacial score (nSPS) is 10.6. The van der Waals surface area contributed by atoms with Crippen LogP contribution in [-0.4, -0.2) is 47.3 Å². The van der Waals surface area contributed by atoms with E-state index in [2.05, 4.69) is 35.9 Å². The predicted octanol–water partition coefficient (Wildman–Crippen LogP) is -2.23. The minimum Gasteiger partial charge on any atom is -0.693 e. The summed E-state index contributed by atoms with van der Waals surface area (Å²) in [5.74, 6) is -3.34. The summed E-state index contributed by atoms with van der Waals surface area (Å²) >= 11 is 7.39. The second-order valence-electron chi connectivity index (χ2n) is 3.51. The first kappa shape index (κ1) is 33.7. The van der Waals surface area contributed by atoms with Gasteiger partial charge < -0.3 is 42.7 Å². The number of carbonyl (C=O) groups excluding carboxylic acids is 4. The number of nitrogens with two attached hydrogens (primary N) is 2. The van der Waals surface area contributed by atoms with E-state index in [4.69, 9.17) is 0 Å². The molecule has 0 rings (SSSR count). The van der Waals surface area contributed by atoms with Crippen molar-refractivity contribution in [2.24, 2.45) is 0 Å². The van der Waals surface area contributed by atoms with Gasteiger partial charge in [0.1, 0.15) is 0 Å². The van der Waals surface area contributed by atoms with Crippen LogP contribution in [0.25, 0.3) is 12.3 Å². The summed E-state index contributed by atoms with van der Waals surface area (Å²) in [6.07, 6.45) is 0. The summed E-state index contributed by atoms with van der Waals surface area (Å²) in [6.45, 7) is 2.47. The van der Waals surface area contributed by atoms with Gasteiger partial charge in [0, 0.05) is 25.4 Å². The Labute approximate surface area is 159 Å². The van der Waals surface area contributed by atoms with E-state index in [1.54, 1.807) is 0 Å². The number of thiol groups is 2. The number of carboxylic acid groups (broad SMARTS) is 2. The van der Waals surface area contributed by atoms with Gasteiger partial charge in [-0.15, -0.1) is 0 Å². The van der Waals surface area contributed by atoms with E-state index in [9.17, 15) is 29.4 Å². The Morgan fingerprint density at radius 1 is 0.826 bits per heavy atom. The smallest absolute Gasteiger partial charge is 0.693 e. The topological polar surface area (TPSA) is 205 Å². The number of carboxylic acids is 2. The molecule has 13 heteroatoms. The van der Waals surface area contributed by atoms with Crippen LogP contribution in [0.3, 0.4) is 0 Å². The van der Waals surface area contributed by atoms with Gasteiger partial charge >= 0.3 is 21.1 Å². The van der Waals surface area contributed by atoms with E-state index in [0.717, 1.165) is 0 Å². The van der Waals surface area contributed by atoms with Crippen LogP contribution in [-0.2, 0) is 40.2 Å². The number of amides is 2. The van der Waals surface area contributed by atoms with Gasteiger partial charge in [0.15, 0.2) is 0 Å². The Morgan fingerprint density at radius 3 is 1.09 bits per heavy atom. The zero-order chi connectivity index (χ0) is 16.3. The summed E-state index contributed by atoms with van der Waals surface area (Å²) < 4.78 is 0. The Balaban J connectivity index is -0.0000000831. The standard InChI is InChI=1S/2C5H9NO3S.2H2N.Pt/c2*1-3(7)6-4(2-10)5(8)9;;;/h2*4,10H,2H2,1H3,(H,6,7)(H,8,9);2*1H2;/q;;2*-1;+4/p-2. The summed E-state index contributed by atoms with van der Waals surface area (Å²) in [5, 5.41) is 24.5. The Morgan fingerprint density at radius 2 is 1.04 bits per heavy atom. The summed E-state index contributed by atoms with van der Waals surface area (Å²) in [6, 6.07) is -1.97. The fraction of sp³-hybridized carbons (Fsp3) is 0.600. The number of nitrogens with one attached hydrogen (secondary N) is 2. The van der Waals surface area contributed by atoms with E-state index < -0.39 is 35.8 Å². The van der Waals surface area contributed by atoms with Crippen LogP contribution in [0.4, 0.5) is 0 Å². The molecule has 0 radical (unpaired) electrons. The molecule has 0 spiro atoms. The fourth-order valence-electron chi connectivity index (χ4n) is 0.849. The maximum absolute atomic E-state index is 10.3.